The summed E-state index contributed by atoms with van der Waals surface area (Å²) >= 11 is 0. The smallest absolute Gasteiger partial charge is 0.124 e. The van der Waals surface area contributed by atoms with E-state index in [2.05, 4.69) is 53.2 Å². The third-order valence-electron chi connectivity index (χ3n) is 4.61. The summed E-state index contributed by atoms with van der Waals surface area (Å²) in [5.74, 6) is 0.987. The highest BCUT2D eigenvalue weighted by Crippen LogP contribution is 2.31. The number of rotatable bonds is 3. The molecule has 4 rings (SSSR count). The van der Waals surface area contributed by atoms with Gasteiger partial charge in [0.1, 0.15) is 11.4 Å². The summed E-state index contributed by atoms with van der Waals surface area (Å²) in [5, 5.41) is 4.68. The van der Waals surface area contributed by atoms with Crippen LogP contribution in [0.25, 0.3) is 11.3 Å². The fourth-order valence-electron chi connectivity index (χ4n) is 3.66. The van der Waals surface area contributed by atoms with E-state index in [0.717, 1.165) is 36.6 Å². The predicted molar refractivity (Wildman–Crippen MR) is 102 cm³/mol. The second-order valence-corrected chi connectivity index (χ2v) is 7.53. The van der Waals surface area contributed by atoms with Gasteiger partial charge >= 0.3 is 0 Å². The third-order valence-corrected chi connectivity index (χ3v) is 4.61. The molecular formula is C21H24N4O. The Morgan fingerprint density at radius 1 is 1.12 bits per heavy atom. The summed E-state index contributed by atoms with van der Waals surface area (Å²) in [6.07, 6.45) is 5.74. The minimum atomic E-state index is -0.244. The molecule has 1 aromatic carbocycles. The monoisotopic (exact) mass is 348 g/mol. The van der Waals surface area contributed by atoms with Gasteiger partial charge in [0.25, 0.3) is 0 Å². The van der Waals surface area contributed by atoms with Crippen molar-refractivity contribution in [2.45, 2.75) is 32.5 Å². The van der Waals surface area contributed by atoms with Crippen molar-refractivity contribution in [3.63, 3.8) is 0 Å². The van der Waals surface area contributed by atoms with E-state index in [9.17, 15) is 0 Å². The van der Waals surface area contributed by atoms with E-state index in [4.69, 9.17) is 4.74 Å². The molecule has 0 N–H and O–H groups in total. The summed E-state index contributed by atoms with van der Waals surface area (Å²) in [7, 11) is 1.97. The Bertz CT molecular complexity index is 901. The average molecular weight is 348 g/mol. The zero-order valence-electron chi connectivity index (χ0n) is 15.5. The van der Waals surface area contributed by atoms with Crippen LogP contribution in [0.4, 0.5) is 0 Å². The van der Waals surface area contributed by atoms with Gasteiger partial charge in [0, 0.05) is 62.0 Å². The average Bonchev–Trinajstić information content (AvgIpc) is 2.90. The molecule has 0 aliphatic carbocycles. The van der Waals surface area contributed by atoms with Crippen LogP contribution in [-0.2, 0) is 20.1 Å². The number of ether oxygens (including phenoxy) is 1. The quantitative estimate of drug-likeness (QED) is 0.725. The number of hydrogen-bond acceptors (Lipinski definition) is 4. The van der Waals surface area contributed by atoms with Gasteiger partial charge in [-0.1, -0.05) is 18.2 Å². The van der Waals surface area contributed by atoms with Crippen LogP contribution in [0.2, 0.25) is 0 Å². The molecule has 0 amide bonds. The number of aryl methyl sites for hydroxylation is 1. The molecule has 0 fully saturated rings. The maximum absolute atomic E-state index is 6.26. The Kier molecular flexibility index (Phi) is 4.24. The lowest BCUT2D eigenvalue weighted by molar-refractivity contribution is 0.0683. The number of para-hydroxylation sites is 1. The Balaban J connectivity index is 1.65. The van der Waals surface area contributed by atoms with E-state index in [1.54, 1.807) is 0 Å². The lowest BCUT2D eigenvalue weighted by Gasteiger charge is -2.29. The molecular weight excluding hydrogens is 324 g/mol. The van der Waals surface area contributed by atoms with E-state index in [1.165, 1.54) is 11.1 Å². The van der Waals surface area contributed by atoms with Gasteiger partial charge in [-0.3, -0.25) is 14.6 Å². The van der Waals surface area contributed by atoms with Gasteiger partial charge in [-0.05, 0) is 32.0 Å². The predicted octanol–water partition coefficient (Wildman–Crippen LogP) is 3.66. The van der Waals surface area contributed by atoms with Crippen molar-refractivity contribution >= 4 is 0 Å². The molecule has 0 radical (unpaired) electrons. The summed E-state index contributed by atoms with van der Waals surface area (Å²) in [4.78, 5) is 6.56. The molecule has 0 unspecified atom stereocenters. The van der Waals surface area contributed by atoms with Crippen LogP contribution in [0.1, 0.15) is 25.0 Å². The van der Waals surface area contributed by atoms with Crippen molar-refractivity contribution in [2.75, 3.05) is 6.54 Å². The van der Waals surface area contributed by atoms with Crippen molar-refractivity contribution in [3.05, 3.63) is 66.1 Å². The highest BCUT2D eigenvalue weighted by molar-refractivity contribution is 5.61. The first-order valence-corrected chi connectivity index (χ1v) is 8.92. The van der Waals surface area contributed by atoms with Crippen LogP contribution in [0.15, 0.2) is 55.0 Å². The van der Waals surface area contributed by atoms with Crippen molar-refractivity contribution in [1.29, 1.82) is 0 Å². The Hall–Kier alpha value is -2.66. The lowest BCUT2D eigenvalue weighted by Crippen LogP contribution is -2.40. The van der Waals surface area contributed by atoms with Gasteiger partial charge in [0.15, 0.2) is 0 Å². The van der Waals surface area contributed by atoms with E-state index < -0.39 is 0 Å². The largest absolute Gasteiger partial charge is 0.486 e. The standard InChI is InChI=1S/C21H24N4O/c1-21(2)15-25(13-17-6-4-5-7-19(17)26-21)14-18-12-24(3)23-20(18)16-8-10-22-11-9-16/h4-12H,13-15H2,1-3H3. The van der Waals surface area contributed by atoms with Crippen molar-refractivity contribution in [1.82, 2.24) is 19.7 Å². The van der Waals surface area contributed by atoms with Crippen LogP contribution < -0.4 is 4.74 Å². The van der Waals surface area contributed by atoms with Gasteiger partial charge in [0.2, 0.25) is 0 Å². The first-order chi connectivity index (χ1) is 12.5. The lowest BCUT2D eigenvalue weighted by atomic mass is 10.1. The molecule has 26 heavy (non-hydrogen) atoms. The summed E-state index contributed by atoms with van der Waals surface area (Å²) in [6, 6.07) is 12.3. The molecule has 2 aromatic heterocycles. The van der Waals surface area contributed by atoms with E-state index >= 15 is 0 Å². The zero-order chi connectivity index (χ0) is 18.1. The molecule has 3 heterocycles. The zero-order valence-corrected chi connectivity index (χ0v) is 15.5. The number of fused-ring (bicyclic) bond motifs is 1. The topological polar surface area (TPSA) is 43.2 Å². The molecule has 5 heteroatoms. The second-order valence-electron chi connectivity index (χ2n) is 7.53. The normalized spacial score (nSPS) is 16.6. The van der Waals surface area contributed by atoms with E-state index in [1.807, 2.05) is 42.3 Å². The SMILES string of the molecule is Cn1cc(CN2Cc3ccccc3OC(C)(C)C2)c(-c2ccncc2)n1. The molecule has 5 nitrogen and oxygen atoms in total. The minimum absolute atomic E-state index is 0.244. The Labute approximate surface area is 154 Å². The number of pyridine rings is 1. The maximum Gasteiger partial charge on any atom is 0.124 e. The molecule has 134 valence electrons. The second kappa shape index (κ2) is 6.57. The number of aromatic nitrogens is 3. The van der Waals surface area contributed by atoms with Gasteiger partial charge in [-0.2, -0.15) is 5.10 Å². The van der Waals surface area contributed by atoms with Gasteiger partial charge in [-0.25, -0.2) is 0 Å². The van der Waals surface area contributed by atoms with E-state index in [0.29, 0.717) is 0 Å². The van der Waals surface area contributed by atoms with Gasteiger partial charge in [0.05, 0.1) is 5.69 Å². The highest BCUT2D eigenvalue weighted by Gasteiger charge is 2.29. The number of hydrogen-bond donors (Lipinski definition) is 0. The molecule has 1 aliphatic rings. The van der Waals surface area contributed by atoms with Crippen LogP contribution in [0, 0.1) is 0 Å². The maximum atomic E-state index is 6.26. The number of nitrogens with zero attached hydrogens (tertiary/aromatic N) is 4. The van der Waals surface area contributed by atoms with Crippen molar-refractivity contribution < 1.29 is 4.74 Å². The first-order valence-electron chi connectivity index (χ1n) is 8.92. The molecule has 0 saturated heterocycles. The van der Waals surface area contributed by atoms with Crippen LogP contribution in [0.3, 0.4) is 0 Å². The molecule has 0 atom stereocenters. The number of benzene rings is 1. The van der Waals surface area contributed by atoms with Gasteiger partial charge in [-0.15, -0.1) is 0 Å². The van der Waals surface area contributed by atoms with Crippen molar-refractivity contribution in [2.24, 2.45) is 7.05 Å². The van der Waals surface area contributed by atoms with E-state index in [-0.39, 0.29) is 5.60 Å². The van der Waals surface area contributed by atoms with Gasteiger partial charge < -0.3 is 4.74 Å². The van der Waals surface area contributed by atoms with Crippen LogP contribution in [-0.4, -0.2) is 31.8 Å². The molecule has 0 bridgehead atoms. The fraction of sp³-hybridized carbons (Fsp3) is 0.333. The Morgan fingerprint density at radius 3 is 2.69 bits per heavy atom. The van der Waals surface area contributed by atoms with Crippen LogP contribution >= 0.6 is 0 Å². The summed E-state index contributed by atoms with van der Waals surface area (Å²) in [6.45, 7) is 6.84. The van der Waals surface area contributed by atoms with Crippen molar-refractivity contribution in [3.8, 4) is 17.0 Å². The molecule has 3 aromatic rings. The first kappa shape index (κ1) is 16.8. The van der Waals surface area contributed by atoms with Crippen LogP contribution in [0.5, 0.6) is 5.75 Å². The summed E-state index contributed by atoms with van der Waals surface area (Å²) in [5.41, 5.74) is 4.32. The Morgan fingerprint density at radius 2 is 1.88 bits per heavy atom. The fourth-order valence-corrected chi connectivity index (χ4v) is 3.66. The molecule has 1 aliphatic heterocycles. The molecule has 0 spiro atoms. The molecule has 0 saturated carbocycles. The summed E-state index contributed by atoms with van der Waals surface area (Å²) < 4.78 is 8.15. The minimum Gasteiger partial charge on any atom is -0.486 e. The third kappa shape index (κ3) is 3.48. The highest BCUT2D eigenvalue weighted by atomic mass is 16.5.